The molecule has 1 rings (SSSR count). The highest BCUT2D eigenvalue weighted by Crippen LogP contribution is 2.32. The van der Waals surface area contributed by atoms with Crippen LogP contribution in [0, 0.1) is 34.6 Å². The highest BCUT2D eigenvalue weighted by molar-refractivity contribution is 5.53. The van der Waals surface area contributed by atoms with Gasteiger partial charge in [0.2, 0.25) is 0 Å². The predicted octanol–water partition coefficient (Wildman–Crippen LogP) is 4.02. The largest absolute Gasteiger partial charge is 0.490 e. The maximum absolute atomic E-state index is 5.89. The molecule has 0 heterocycles. The van der Waals surface area contributed by atoms with Crippen LogP contribution in [-0.4, -0.2) is 6.10 Å². The molecule has 15 heavy (non-hydrogen) atoms. The first-order chi connectivity index (χ1) is 6.86. The maximum Gasteiger partial charge on any atom is 0.126 e. The van der Waals surface area contributed by atoms with E-state index in [4.69, 9.17) is 4.74 Å². The summed E-state index contributed by atoms with van der Waals surface area (Å²) in [6.07, 6.45) is 0.240. The summed E-state index contributed by atoms with van der Waals surface area (Å²) in [5.41, 5.74) is 6.66. The third-order valence-corrected chi connectivity index (χ3v) is 3.28. The Morgan fingerprint density at radius 1 is 0.667 bits per heavy atom. The smallest absolute Gasteiger partial charge is 0.126 e. The second kappa shape index (κ2) is 4.26. The highest BCUT2D eigenvalue weighted by Gasteiger charge is 2.13. The van der Waals surface area contributed by atoms with Crippen molar-refractivity contribution in [2.45, 2.75) is 54.6 Å². The fourth-order valence-corrected chi connectivity index (χ4v) is 1.88. The molecule has 0 aliphatic rings. The number of hydrogen-bond donors (Lipinski definition) is 0. The molecule has 0 N–H and O–H groups in total. The van der Waals surface area contributed by atoms with Crippen molar-refractivity contribution in [1.82, 2.24) is 0 Å². The Morgan fingerprint density at radius 3 is 1.33 bits per heavy atom. The van der Waals surface area contributed by atoms with Gasteiger partial charge in [-0.15, -0.1) is 0 Å². The number of hydrogen-bond acceptors (Lipinski definition) is 1. The van der Waals surface area contributed by atoms with E-state index in [2.05, 4.69) is 48.5 Å². The lowest BCUT2D eigenvalue weighted by Gasteiger charge is -2.20. The molecule has 0 fully saturated rings. The maximum atomic E-state index is 5.89. The average Bonchev–Trinajstić information content (AvgIpc) is 2.18. The molecule has 1 heteroatoms. The molecule has 0 amide bonds. The van der Waals surface area contributed by atoms with E-state index >= 15 is 0 Å². The van der Waals surface area contributed by atoms with Gasteiger partial charge >= 0.3 is 0 Å². The van der Waals surface area contributed by atoms with Crippen LogP contribution in [-0.2, 0) is 0 Å². The van der Waals surface area contributed by atoms with Gasteiger partial charge in [-0.25, -0.2) is 0 Å². The van der Waals surface area contributed by atoms with E-state index in [0.29, 0.717) is 0 Å². The second-order valence-corrected chi connectivity index (χ2v) is 4.62. The summed E-state index contributed by atoms with van der Waals surface area (Å²) in [4.78, 5) is 0. The van der Waals surface area contributed by atoms with Crippen molar-refractivity contribution < 1.29 is 4.74 Å². The Balaban J connectivity index is 3.39. The molecule has 0 saturated carbocycles. The normalized spacial score (nSPS) is 10.9. The van der Waals surface area contributed by atoms with Crippen molar-refractivity contribution in [1.29, 1.82) is 0 Å². The fourth-order valence-electron chi connectivity index (χ4n) is 1.88. The summed E-state index contributed by atoms with van der Waals surface area (Å²) >= 11 is 0. The number of ether oxygens (including phenoxy) is 1. The van der Waals surface area contributed by atoms with E-state index < -0.39 is 0 Å². The lowest BCUT2D eigenvalue weighted by molar-refractivity contribution is 0.238. The molecule has 0 unspecified atom stereocenters. The van der Waals surface area contributed by atoms with Gasteiger partial charge in [0.25, 0.3) is 0 Å². The summed E-state index contributed by atoms with van der Waals surface area (Å²) < 4.78 is 5.89. The van der Waals surface area contributed by atoms with Crippen LogP contribution in [0.3, 0.4) is 0 Å². The topological polar surface area (TPSA) is 9.23 Å². The van der Waals surface area contributed by atoms with Crippen molar-refractivity contribution in [2.75, 3.05) is 0 Å². The first kappa shape index (κ1) is 12.1. The van der Waals surface area contributed by atoms with E-state index in [9.17, 15) is 0 Å². The van der Waals surface area contributed by atoms with Crippen molar-refractivity contribution in [3.8, 4) is 5.75 Å². The fraction of sp³-hybridized carbons (Fsp3) is 0.571. The summed E-state index contributed by atoms with van der Waals surface area (Å²) in [5.74, 6) is 1.07. The minimum absolute atomic E-state index is 0.240. The Hall–Kier alpha value is -0.980. The van der Waals surface area contributed by atoms with Gasteiger partial charge < -0.3 is 4.74 Å². The van der Waals surface area contributed by atoms with E-state index in [-0.39, 0.29) is 6.10 Å². The van der Waals surface area contributed by atoms with Crippen LogP contribution in [0.5, 0.6) is 5.75 Å². The molecule has 0 spiro atoms. The van der Waals surface area contributed by atoms with E-state index in [0.717, 1.165) is 5.75 Å². The average molecular weight is 206 g/mol. The third-order valence-electron chi connectivity index (χ3n) is 3.28. The molecule has 0 radical (unpaired) electrons. The van der Waals surface area contributed by atoms with Gasteiger partial charge in [-0.3, -0.25) is 0 Å². The number of benzene rings is 1. The first-order valence-corrected chi connectivity index (χ1v) is 5.59. The van der Waals surface area contributed by atoms with Crippen LogP contribution < -0.4 is 4.74 Å². The minimum atomic E-state index is 0.240. The van der Waals surface area contributed by atoms with Crippen molar-refractivity contribution in [3.05, 3.63) is 27.8 Å². The van der Waals surface area contributed by atoms with E-state index in [1.54, 1.807) is 0 Å². The zero-order valence-corrected chi connectivity index (χ0v) is 11.0. The molecular formula is C14H22O. The monoisotopic (exact) mass is 206 g/mol. The lowest BCUT2D eigenvalue weighted by atomic mass is 9.94. The molecule has 0 bridgehead atoms. The predicted molar refractivity (Wildman–Crippen MR) is 65.9 cm³/mol. The summed E-state index contributed by atoms with van der Waals surface area (Å²) in [6.45, 7) is 15.0. The molecule has 1 aromatic carbocycles. The molecule has 0 aliphatic carbocycles. The Kier molecular flexibility index (Phi) is 3.43. The zero-order chi connectivity index (χ0) is 11.7. The van der Waals surface area contributed by atoms with Crippen molar-refractivity contribution >= 4 is 0 Å². The van der Waals surface area contributed by atoms with Crippen molar-refractivity contribution in [3.63, 3.8) is 0 Å². The van der Waals surface area contributed by atoms with Crippen LogP contribution in [0.2, 0.25) is 0 Å². The molecular weight excluding hydrogens is 184 g/mol. The highest BCUT2D eigenvalue weighted by atomic mass is 16.5. The van der Waals surface area contributed by atoms with Gasteiger partial charge in [0.05, 0.1) is 6.10 Å². The van der Waals surface area contributed by atoms with Gasteiger partial charge in [-0.1, -0.05) is 0 Å². The van der Waals surface area contributed by atoms with Crippen LogP contribution >= 0.6 is 0 Å². The molecule has 84 valence electrons. The molecule has 0 aliphatic heterocycles. The SMILES string of the molecule is Cc1c(C)c(C)c(OC(C)C)c(C)c1C. The summed E-state index contributed by atoms with van der Waals surface area (Å²) in [6, 6.07) is 0. The Morgan fingerprint density at radius 2 is 1.00 bits per heavy atom. The first-order valence-electron chi connectivity index (χ1n) is 5.59. The molecule has 0 saturated heterocycles. The van der Waals surface area contributed by atoms with Gasteiger partial charge in [-0.2, -0.15) is 0 Å². The summed E-state index contributed by atoms with van der Waals surface area (Å²) in [5, 5.41) is 0. The Labute approximate surface area is 93.5 Å². The van der Waals surface area contributed by atoms with Gasteiger partial charge in [0.15, 0.2) is 0 Å². The van der Waals surface area contributed by atoms with Gasteiger partial charge in [0.1, 0.15) is 5.75 Å². The molecule has 1 aromatic rings. The van der Waals surface area contributed by atoms with Crippen LogP contribution in [0.25, 0.3) is 0 Å². The van der Waals surface area contributed by atoms with Gasteiger partial charge in [-0.05, 0) is 76.3 Å². The summed E-state index contributed by atoms with van der Waals surface area (Å²) in [7, 11) is 0. The van der Waals surface area contributed by atoms with Crippen LogP contribution in [0.1, 0.15) is 41.7 Å². The molecule has 0 atom stereocenters. The Bertz CT molecular complexity index is 346. The third kappa shape index (κ3) is 2.17. The zero-order valence-electron chi connectivity index (χ0n) is 11.0. The van der Waals surface area contributed by atoms with E-state index in [1.807, 2.05) is 0 Å². The van der Waals surface area contributed by atoms with E-state index in [1.165, 1.54) is 27.8 Å². The molecule has 0 aromatic heterocycles. The quantitative estimate of drug-likeness (QED) is 0.710. The lowest BCUT2D eigenvalue weighted by Crippen LogP contribution is -2.10. The van der Waals surface area contributed by atoms with Crippen LogP contribution in [0.15, 0.2) is 0 Å². The second-order valence-electron chi connectivity index (χ2n) is 4.62. The minimum Gasteiger partial charge on any atom is -0.490 e. The standard InChI is InChI=1S/C14H22O/c1-8(2)15-14-12(6)10(4)9(3)11(5)13(14)7/h8H,1-7H3. The van der Waals surface area contributed by atoms with Crippen molar-refractivity contribution in [2.24, 2.45) is 0 Å². The molecule has 1 nitrogen and oxygen atoms in total. The number of rotatable bonds is 2. The van der Waals surface area contributed by atoms with Crippen LogP contribution in [0.4, 0.5) is 0 Å². The van der Waals surface area contributed by atoms with Gasteiger partial charge in [0, 0.05) is 0 Å².